The molecule has 0 aliphatic heterocycles. The van der Waals surface area contributed by atoms with Crippen LogP contribution in [0.4, 0.5) is 0 Å². The van der Waals surface area contributed by atoms with Gasteiger partial charge in [0, 0.05) is 19.4 Å². The maximum absolute atomic E-state index is 13.7. The van der Waals surface area contributed by atoms with Gasteiger partial charge in [-0.2, -0.15) is 5.26 Å². The van der Waals surface area contributed by atoms with Crippen LogP contribution in [0.25, 0.3) is 22.3 Å². The molecule has 4 rings (SSSR count). The van der Waals surface area contributed by atoms with Gasteiger partial charge in [-0.15, -0.1) is 0 Å². The van der Waals surface area contributed by atoms with Gasteiger partial charge in [-0.3, -0.25) is 14.4 Å². The average Bonchev–Trinajstić information content (AvgIpc) is 3.51. The predicted octanol–water partition coefficient (Wildman–Crippen LogP) is 5.65. The Morgan fingerprint density at radius 2 is 1.42 bits per heavy atom. The molecule has 0 radical (unpaired) electrons. The molecule has 0 spiro atoms. The summed E-state index contributed by atoms with van der Waals surface area (Å²) in [7, 11) is 1.52. The van der Waals surface area contributed by atoms with E-state index in [9.17, 15) is 14.4 Å². The molecule has 2 atom stereocenters. The molecule has 4 aromatic rings. The van der Waals surface area contributed by atoms with Gasteiger partial charge in [0.15, 0.2) is 0 Å². The smallest absolute Gasteiger partial charge is 0.308 e. The predicted molar refractivity (Wildman–Crippen MR) is 165 cm³/mol. The molecule has 2 unspecified atom stereocenters. The molecule has 8 nitrogen and oxygen atoms in total. The topological polar surface area (TPSA) is 113 Å². The van der Waals surface area contributed by atoms with Crippen molar-refractivity contribution in [1.29, 1.82) is 5.26 Å². The Labute approximate surface area is 252 Å². The number of likely N-dealkylation sites (N-methyl/N-ethyl adjacent to an activating group) is 1. The molecule has 3 aromatic carbocycles. The molecule has 1 aromatic heterocycles. The second-order valence-electron chi connectivity index (χ2n) is 11.4. The molecule has 0 saturated carbocycles. The first kappa shape index (κ1) is 30.8. The summed E-state index contributed by atoms with van der Waals surface area (Å²) in [6.45, 7) is 5.70. The van der Waals surface area contributed by atoms with E-state index in [2.05, 4.69) is 16.7 Å². The summed E-state index contributed by atoms with van der Waals surface area (Å²) in [6, 6.07) is 26.9. The molecule has 2 amide bonds. The summed E-state index contributed by atoms with van der Waals surface area (Å²) in [5.74, 6) is -1.31. The number of ether oxygens (including phenoxy) is 1. The molecule has 0 bridgehead atoms. The zero-order valence-corrected chi connectivity index (χ0v) is 24.8. The number of carbonyl (C=O) groups excluding carboxylic acids is 3. The van der Waals surface area contributed by atoms with Crippen molar-refractivity contribution in [3.8, 4) is 28.3 Å². The van der Waals surface area contributed by atoms with Gasteiger partial charge in [0.2, 0.25) is 11.8 Å². The Morgan fingerprint density at radius 3 is 1.98 bits per heavy atom. The van der Waals surface area contributed by atoms with Crippen molar-refractivity contribution in [1.82, 2.24) is 15.2 Å². The molecule has 1 heterocycles. The van der Waals surface area contributed by atoms with Crippen LogP contribution < -0.4 is 10.6 Å². The van der Waals surface area contributed by atoms with E-state index in [4.69, 9.17) is 10.00 Å². The third kappa shape index (κ3) is 7.98. The average molecular weight is 577 g/mol. The second-order valence-corrected chi connectivity index (χ2v) is 11.4. The van der Waals surface area contributed by atoms with Crippen molar-refractivity contribution in [3.63, 3.8) is 0 Å². The molecule has 0 aliphatic rings. The van der Waals surface area contributed by atoms with Crippen LogP contribution in [-0.4, -0.2) is 35.4 Å². The fraction of sp³-hybridized carbons (Fsp3) is 0.257. The van der Waals surface area contributed by atoms with Crippen molar-refractivity contribution in [2.45, 2.75) is 45.9 Å². The van der Waals surface area contributed by atoms with Crippen LogP contribution >= 0.6 is 0 Å². The zero-order chi connectivity index (χ0) is 31.0. The number of hydrogen-bond donors (Lipinski definition) is 2. The van der Waals surface area contributed by atoms with E-state index < -0.39 is 29.4 Å². The number of hydrogen-bond acceptors (Lipinski definition) is 5. The van der Waals surface area contributed by atoms with Gasteiger partial charge in [-0.25, -0.2) is 0 Å². The maximum Gasteiger partial charge on any atom is 0.308 e. The van der Waals surface area contributed by atoms with E-state index >= 15 is 0 Å². The third-order valence-corrected chi connectivity index (χ3v) is 7.21. The van der Waals surface area contributed by atoms with Crippen LogP contribution in [0.1, 0.15) is 44.4 Å². The van der Waals surface area contributed by atoms with Crippen molar-refractivity contribution >= 4 is 17.8 Å². The lowest BCUT2D eigenvalue weighted by molar-refractivity contribution is -0.148. The minimum absolute atomic E-state index is 0.0966. The van der Waals surface area contributed by atoms with Crippen molar-refractivity contribution in [3.05, 3.63) is 108 Å². The summed E-state index contributed by atoms with van der Waals surface area (Å²) in [4.78, 5) is 39.3. The zero-order valence-electron chi connectivity index (χ0n) is 24.8. The summed E-state index contributed by atoms with van der Waals surface area (Å²) < 4.78 is 7.19. The van der Waals surface area contributed by atoms with E-state index in [0.29, 0.717) is 5.56 Å². The van der Waals surface area contributed by atoms with Crippen LogP contribution in [-0.2, 0) is 25.7 Å². The number of nitrogens with one attached hydrogen (secondary N) is 2. The monoisotopic (exact) mass is 576 g/mol. The largest absolute Gasteiger partial charge is 0.461 e. The fourth-order valence-corrected chi connectivity index (χ4v) is 4.72. The van der Waals surface area contributed by atoms with E-state index in [0.717, 1.165) is 27.8 Å². The summed E-state index contributed by atoms with van der Waals surface area (Å²) in [6.07, 6.45) is 3.36. The van der Waals surface area contributed by atoms with Gasteiger partial charge in [-0.05, 0) is 51.4 Å². The Balaban J connectivity index is 1.57. The number of aromatic nitrogens is 1. The lowest BCUT2D eigenvalue weighted by Gasteiger charge is -2.31. The van der Waals surface area contributed by atoms with Gasteiger partial charge in [0.1, 0.15) is 18.7 Å². The van der Waals surface area contributed by atoms with Crippen molar-refractivity contribution in [2.24, 2.45) is 5.41 Å². The van der Waals surface area contributed by atoms with Crippen molar-refractivity contribution < 1.29 is 19.1 Å². The SMILES string of the molecule is CNC(=O)C(NC(=O)C(CC(=O)OCc1ccccc1)n1ccc(-c2ccc(-c3ccc(C#N)cc3)cc2)c1)C(C)(C)C. The lowest BCUT2D eigenvalue weighted by atomic mass is 9.86. The summed E-state index contributed by atoms with van der Waals surface area (Å²) in [5, 5.41) is 14.5. The molecular weight excluding hydrogens is 540 g/mol. The van der Waals surface area contributed by atoms with Gasteiger partial charge in [0.05, 0.1) is 18.1 Å². The van der Waals surface area contributed by atoms with Crippen molar-refractivity contribution in [2.75, 3.05) is 7.05 Å². The highest BCUT2D eigenvalue weighted by Gasteiger charge is 2.35. The van der Waals surface area contributed by atoms with Crippen LogP contribution in [0.3, 0.4) is 0 Å². The van der Waals surface area contributed by atoms with Gasteiger partial charge < -0.3 is 19.9 Å². The fourth-order valence-electron chi connectivity index (χ4n) is 4.72. The highest BCUT2D eigenvalue weighted by molar-refractivity contribution is 5.91. The standard InChI is InChI=1S/C35H36N4O4/c1-35(2,3)32(34(42)37-4)38-33(41)30(20-31(40)43-23-25-8-6-5-7-9-25)39-19-18-29(22-39)28-16-14-27(15-17-28)26-12-10-24(21-36)11-13-26/h5-19,22,30,32H,20,23H2,1-4H3,(H,37,42)(H,38,41). The number of carbonyl (C=O) groups is 3. The van der Waals surface area contributed by atoms with Gasteiger partial charge >= 0.3 is 5.97 Å². The molecule has 0 aliphatic carbocycles. The Kier molecular flexibility index (Phi) is 9.79. The highest BCUT2D eigenvalue weighted by Crippen LogP contribution is 2.28. The highest BCUT2D eigenvalue weighted by atomic mass is 16.5. The first-order valence-corrected chi connectivity index (χ1v) is 14.1. The normalized spacial score (nSPS) is 12.4. The minimum atomic E-state index is -0.940. The maximum atomic E-state index is 13.7. The second kappa shape index (κ2) is 13.7. The molecule has 8 heteroatoms. The van der Waals surface area contributed by atoms with Gasteiger partial charge in [-0.1, -0.05) is 87.5 Å². The quantitative estimate of drug-likeness (QED) is 0.237. The molecular formula is C35H36N4O4. The number of nitriles is 1. The Bertz CT molecular complexity index is 1590. The number of benzene rings is 3. The Morgan fingerprint density at radius 1 is 0.837 bits per heavy atom. The van der Waals surface area contributed by atoms with Gasteiger partial charge in [0.25, 0.3) is 0 Å². The van der Waals surface area contributed by atoms with E-state index in [-0.39, 0.29) is 18.9 Å². The number of nitrogens with zero attached hydrogens (tertiary/aromatic N) is 2. The van der Waals surface area contributed by atoms with Crippen LogP contribution in [0.2, 0.25) is 0 Å². The molecule has 43 heavy (non-hydrogen) atoms. The number of amides is 2. The molecule has 220 valence electrons. The first-order valence-electron chi connectivity index (χ1n) is 14.1. The summed E-state index contributed by atoms with van der Waals surface area (Å²) in [5.41, 5.74) is 4.68. The van der Waals surface area contributed by atoms with Crippen LogP contribution in [0, 0.1) is 16.7 Å². The molecule has 0 saturated heterocycles. The molecule has 0 fully saturated rings. The van der Waals surface area contributed by atoms with Crippen LogP contribution in [0.5, 0.6) is 0 Å². The Hall–Kier alpha value is -5.16. The van der Waals surface area contributed by atoms with E-state index in [1.165, 1.54) is 7.05 Å². The molecule has 2 N–H and O–H groups in total. The number of rotatable bonds is 10. The third-order valence-electron chi connectivity index (χ3n) is 7.21. The van der Waals surface area contributed by atoms with E-state index in [1.807, 2.05) is 99.8 Å². The lowest BCUT2D eigenvalue weighted by Crippen LogP contribution is -2.54. The van der Waals surface area contributed by atoms with Crippen LogP contribution in [0.15, 0.2) is 97.3 Å². The first-order chi connectivity index (χ1) is 20.6. The minimum Gasteiger partial charge on any atom is -0.461 e. The number of esters is 1. The summed E-state index contributed by atoms with van der Waals surface area (Å²) >= 11 is 0. The van der Waals surface area contributed by atoms with E-state index in [1.54, 1.807) is 22.9 Å².